The average molecular weight is 275 g/mol. The van der Waals surface area contributed by atoms with Gasteiger partial charge in [-0.25, -0.2) is 0 Å². The summed E-state index contributed by atoms with van der Waals surface area (Å²) >= 11 is 0. The standard InChI is InChI=1S/C13H13N3O4/c1-8-2-4-10(11(6-8)16(18)19)15-13(17)12-5-3-9(7-14)20-12/h2-6H,7,14H2,1H3,(H,15,17). The highest BCUT2D eigenvalue weighted by atomic mass is 16.6. The smallest absolute Gasteiger partial charge is 0.293 e. The van der Waals surface area contributed by atoms with Crippen LogP contribution >= 0.6 is 0 Å². The van der Waals surface area contributed by atoms with Gasteiger partial charge in [-0.3, -0.25) is 14.9 Å². The molecule has 2 aromatic rings. The number of anilines is 1. The van der Waals surface area contributed by atoms with Gasteiger partial charge >= 0.3 is 0 Å². The van der Waals surface area contributed by atoms with E-state index >= 15 is 0 Å². The van der Waals surface area contributed by atoms with E-state index in [1.807, 2.05) is 0 Å². The van der Waals surface area contributed by atoms with Gasteiger partial charge in [0.05, 0.1) is 11.5 Å². The summed E-state index contributed by atoms with van der Waals surface area (Å²) in [6.07, 6.45) is 0. The number of nitro groups is 1. The van der Waals surface area contributed by atoms with E-state index in [1.54, 1.807) is 19.1 Å². The van der Waals surface area contributed by atoms with Gasteiger partial charge in [-0.1, -0.05) is 6.07 Å². The lowest BCUT2D eigenvalue weighted by molar-refractivity contribution is -0.384. The number of nitro benzene ring substituents is 1. The molecule has 0 atom stereocenters. The van der Waals surface area contributed by atoms with Crippen LogP contribution in [0.4, 0.5) is 11.4 Å². The van der Waals surface area contributed by atoms with Crippen molar-refractivity contribution in [3.63, 3.8) is 0 Å². The van der Waals surface area contributed by atoms with Crippen molar-refractivity contribution in [1.29, 1.82) is 0 Å². The number of nitrogens with one attached hydrogen (secondary N) is 1. The molecule has 0 aliphatic carbocycles. The Morgan fingerprint density at radius 2 is 2.15 bits per heavy atom. The van der Waals surface area contributed by atoms with Crippen molar-refractivity contribution in [2.45, 2.75) is 13.5 Å². The van der Waals surface area contributed by atoms with E-state index in [-0.39, 0.29) is 23.7 Å². The monoisotopic (exact) mass is 275 g/mol. The lowest BCUT2D eigenvalue weighted by Crippen LogP contribution is -2.12. The van der Waals surface area contributed by atoms with Crippen LogP contribution in [0.2, 0.25) is 0 Å². The maximum atomic E-state index is 11.9. The van der Waals surface area contributed by atoms with E-state index in [0.29, 0.717) is 5.76 Å². The molecule has 104 valence electrons. The zero-order valence-corrected chi connectivity index (χ0v) is 10.8. The maximum absolute atomic E-state index is 11.9. The minimum atomic E-state index is -0.559. The molecular formula is C13H13N3O4. The molecule has 1 aromatic carbocycles. The maximum Gasteiger partial charge on any atom is 0.293 e. The fourth-order valence-corrected chi connectivity index (χ4v) is 1.69. The predicted octanol–water partition coefficient (Wildman–Crippen LogP) is 2.21. The molecular weight excluding hydrogens is 262 g/mol. The summed E-state index contributed by atoms with van der Waals surface area (Å²) in [5.74, 6) is -0.0365. The zero-order valence-electron chi connectivity index (χ0n) is 10.8. The number of aryl methyl sites for hydroxylation is 1. The SMILES string of the molecule is Cc1ccc(NC(=O)c2ccc(CN)o2)c([N+](=O)[O-])c1. The Bertz CT molecular complexity index is 663. The molecule has 3 N–H and O–H groups in total. The normalized spacial score (nSPS) is 10.3. The highest BCUT2D eigenvalue weighted by Crippen LogP contribution is 2.26. The van der Waals surface area contributed by atoms with E-state index in [9.17, 15) is 14.9 Å². The minimum absolute atomic E-state index is 0.0559. The summed E-state index contributed by atoms with van der Waals surface area (Å²) in [7, 11) is 0. The fraction of sp³-hybridized carbons (Fsp3) is 0.154. The van der Waals surface area contributed by atoms with Gasteiger partial charge in [-0.2, -0.15) is 0 Å². The second-order valence-corrected chi connectivity index (χ2v) is 4.20. The van der Waals surface area contributed by atoms with Gasteiger partial charge in [-0.15, -0.1) is 0 Å². The Labute approximate surface area is 114 Å². The summed E-state index contributed by atoms with van der Waals surface area (Å²) in [6, 6.07) is 7.60. The summed E-state index contributed by atoms with van der Waals surface area (Å²) < 4.78 is 5.18. The van der Waals surface area contributed by atoms with Crippen LogP contribution in [0.3, 0.4) is 0 Å². The van der Waals surface area contributed by atoms with Crippen molar-refractivity contribution in [3.8, 4) is 0 Å². The van der Waals surface area contributed by atoms with E-state index in [2.05, 4.69) is 5.32 Å². The molecule has 0 fully saturated rings. The quantitative estimate of drug-likeness (QED) is 0.656. The summed E-state index contributed by atoms with van der Waals surface area (Å²) in [6.45, 7) is 1.91. The van der Waals surface area contributed by atoms with Gasteiger partial charge in [0.2, 0.25) is 0 Å². The molecule has 0 saturated heterocycles. The van der Waals surface area contributed by atoms with Gasteiger partial charge in [-0.05, 0) is 30.7 Å². The van der Waals surface area contributed by atoms with Crippen LogP contribution in [-0.4, -0.2) is 10.8 Å². The van der Waals surface area contributed by atoms with Crippen LogP contribution < -0.4 is 11.1 Å². The van der Waals surface area contributed by atoms with Gasteiger partial charge in [0.25, 0.3) is 11.6 Å². The Morgan fingerprint density at radius 1 is 1.40 bits per heavy atom. The molecule has 0 aliphatic heterocycles. The number of nitrogens with zero attached hydrogens (tertiary/aromatic N) is 1. The first kappa shape index (κ1) is 13.8. The van der Waals surface area contributed by atoms with E-state index in [4.69, 9.17) is 10.2 Å². The van der Waals surface area contributed by atoms with Crippen LogP contribution in [0.1, 0.15) is 21.9 Å². The van der Waals surface area contributed by atoms with E-state index in [1.165, 1.54) is 18.2 Å². The average Bonchev–Trinajstić information content (AvgIpc) is 2.89. The molecule has 20 heavy (non-hydrogen) atoms. The largest absolute Gasteiger partial charge is 0.455 e. The van der Waals surface area contributed by atoms with Crippen molar-refractivity contribution >= 4 is 17.3 Å². The summed E-state index contributed by atoms with van der Waals surface area (Å²) in [5.41, 5.74) is 6.07. The first-order chi connectivity index (χ1) is 9.51. The molecule has 1 aromatic heterocycles. The molecule has 0 aliphatic rings. The van der Waals surface area contributed by atoms with Crippen LogP contribution in [0.15, 0.2) is 34.7 Å². The molecule has 7 nitrogen and oxygen atoms in total. The molecule has 0 spiro atoms. The van der Waals surface area contributed by atoms with Gasteiger partial charge in [0.15, 0.2) is 5.76 Å². The van der Waals surface area contributed by atoms with Crippen molar-refractivity contribution in [2.75, 3.05) is 5.32 Å². The van der Waals surface area contributed by atoms with Crippen molar-refractivity contribution in [1.82, 2.24) is 0 Å². The zero-order chi connectivity index (χ0) is 14.7. The Hall–Kier alpha value is -2.67. The van der Waals surface area contributed by atoms with Crippen LogP contribution in [0.5, 0.6) is 0 Å². The predicted molar refractivity (Wildman–Crippen MR) is 72.4 cm³/mol. The molecule has 1 amide bonds. The molecule has 0 radical (unpaired) electrons. The fourth-order valence-electron chi connectivity index (χ4n) is 1.69. The molecule has 2 rings (SSSR count). The third-order valence-electron chi connectivity index (χ3n) is 2.68. The Balaban J connectivity index is 2.25. The van der Waals surface area contributed by atoms with Crippen molar-refractivity contribution < 1.29 is 14.1 Å². The molecule has 0 unspecified atom stereocenters. The first-order valence-corrected chi connectivity index (χ1v) is 5.86. The number of hydrogen-bond acceptors (Lipinski definition) is 5. The van der Waals surface area contributed by atoms with E-state index < -0.39 is 10.8 Å². The van der Waals surface area contributed by atoms with Crippen LogP contribution in [0, 0.1) is 17.0 Å². The topological polar surface area (TPSA) is 111 Å². The summed E-state index contributed by atoms with van der Waals surface area (Å²) in [4.78, 5) is 22.3. The molecule has 7 heteroatoms. The third-order valence-corrected chi connectivity index (χ3v) is 2.68. The summed E-state index contributed by atoms with van der Waals surface area (Å²) in [5, 5.41) is 13.4. The second-order valence-electron chi connectivity index (χ2n) is 4.20. The number of carbonyl (C=O) groups is 1. The Morgan fingerprint density at radius 3 is 2.75 bits per heavy atom. The molecule has 0 bridgehead atoms. The second kappa shape index (κ2) is 5.54. The number of hydrogen-bond donors (Lipinski definition) is 2. The third kappa shape index (κ3) is 2.83. The number of carbonyl (C=O) groups excluding carboxylic acids is 1. The van der Waals surface area contributed by atoms with Gasteiger partial charge in [0.1, 0.15) is 11.4 Å². The Kier molecular flexibility index (Phi) is 3.81. The van der Waals surface area contributed by atoms with E-state index in [0.717, 1.165) is 5.56 Å². The number of benzene rings is 1. The lowest BCUT2D eigenvalue weighted by Gasteiger charge is -2.05. The number of furan rings is 1. The lowest BCUT2D eigenvalue weighted by atomic mass is 10.2. The number of rotatable bonds is 4. The van der Waals surface area contributed by atoms with Crippen molar-refractivity contribution in [2.24, 2.45) is 5.73 Å². The van der Waals surface area contributed by atoms with Gasteiger partial charge < -0.3 is 15.5 Å². The first-order valence-electron chi connectivity index (χ1n) is 5.86. The van der Waals surface area contributed by atoms with Crippen molar-refractivity contribution in [3.05, 3.63) is 57.5 Å². The van der Waals surface area contributed by atoms with Crippen LogP contribution in [-0.2, 0) is 6.54 Å². The number of nitrogens with two attached hydrogens (primary N) is 1. The molecule has 0 saturated carbocycles. The highest BCUT2D eigenvalue weighted by molar-refractivity contribution is 6.03. The van der Waals surface area contributed by atoms with Gasteiger partial charge in [0, 0.05) is 6.07 Å². The number of amides is 1. The highest BCUT2D eigenvalue weighted by Gasteiger charge is 2.18. The molecule has 1 heterocycles. The minimum Gasteiger partial charge on any atom is -0.455 e. The van der Waals surface area contributed by atoms with Crippen LogP contribution in [0.25, 0.3) is 0 Å².